The molecule has 1 fully saturated rings. The van der Waals surface area contributed by atoms with Crippen molar-refractivity contribution in [3.63, 3.8) is 0 Å². The van der Waals surface area contributed by atoms with Gasteiger partial charge in [0.25, 0.3) is 5.69 Å². The summed E-state index contributed by atoms with van der Waals surface area (Å²) in [5.41, 5.74) is 8.88. The quantitative estimate of drug-likeness (QED) is 0.265. The SMILES string of the molecule is O=[N+]([O-])c1ccccc1/C=C/CN1CCC(=C2c3ccccc3C=Cc3ccccc32)CC1. The molecule has 0 N–H and O–H groups in total. The summed E-state index contributed by atoms with van der Waals surface area (Å²) < 4.78 is 0. The summed E-state index contributed by atoms with van der Waals surface area (Å²) in [6.45, 7) is 2.76. The third-order valence-corrected chi connectivity index (χ3v) is 6.51. The van der Waals surface area contributed by atoms with E-state index in [1.165, 1.54) is 33.4 Å². The highest BCUT2D eigenvalue weighted by Gasteiger charge is 2.22. The summed E-state index contributed by atoms with van der Waals surface area (Å²) in [4.78, 5) is 13.3. The van der Waals surface area contributed by atoms with Crippen LogP contribution in [0.1, 0.15) is 40.7 Å². The van der Waals surface area contributed by atoms with E-state index in [2.05, 4.69) is 65.6 Å². The van der Waals surface area contributed by atoms with E-state index >= 15 is 0 Å². The van der Waals surface area contributed by atoms with Crippen molar-refractivity contribution in [2.24, 2.45) is 0 Å². The van der Waals surface area contributed by atoms with Gasteiger partial charge in [0.2, 0.25) is 0 Å². The van der Waals surface area contributed by atoms with E-state index in [1.807, 2.05) is 18.2 Å². The molecule has 164 valence electrons. The van der Waals surface area contributed by atoms with Crippen LogP contribution in [0.2, 0.25) is 0 Å². The van der Waals surface area contributed by atoms with Gasteiger partial charge in [0.1, 0.15) is 0 Å². The second-order valence-electron chi connectivity index (χ2n) is 8.51. The average Bonchev–Trinajstić information content (AvgIpc) is 3.02. The number of fused-ring (bicyclic) bond motifs is 2. The van der Waals surface area contributed by atoms with E-state index in [4.69, 9.17) is 0 Å². The van der Waals surface area contributed by atoms with Crippen molar-refractivity contribution in [3.05, 3.63) is 122 Å². The Labute approximate surface area is 194 Å². The molecule has 4 heteroatoms. The molecule has 1 heterocycles. The Hall–Kier alpha value is -3.76. The highest BCUT2D eigenvalue weighted by Crippen LogP contribution is 2.38. The summed E-state index contributed by atoms with van der Waals surface area (Å²) in [5, 5.41) is 11.2. The molecule has 5 rings (SSSR count). The van der Waals surface area contributed by atoms with Crippen molar-refractivity contribution in [1.29, 1.82) is 0 Å². The number of nitro groups is 1. The minimum Gasteiger partial charge on any atom is -0.299 e. The smallest absolute Gasteiger partial charge is 0.276 e. The molecule has 1 aliphatic heterocycles. The van der Waals surface area contributed by atoms with E-state index in [9.17, 15) is 10.1 Å². The lowest BCUT2D eigenvalue weighted by atomic mass is 9.86. The van der Waals surface area contributed by atoms with E-state index in [0.717, 1.165) is 32.5 Å². The van der Waals surface area contributed by atoms with Gasteiger partial charge in [-0.15, -0.1) is 0 Å². The Balaban J connectivity index is 1.36. The Kier molecular flexibility index (Phi) is 6.01. The van der Waals surface area contributed by atoms with Gasteiger partial charge in [-0.05, 0) is 46.7 Å². The van der Waals surface area contributed by atoms with Crippen LogP contribution in [-0.4, -0.2) is 29.5 Å². The van der Waals surface area contributed by atoms with Crippen LogP contribution >= 0.6 is 0 Å². The van der Waals surface area contributed by atoms with Crippen LogP contribution in [0.4, 0.5) is 5.69 Å². The normalized spacial score (nSPS) is 15.9. The van der Waals surface area contributed by atoms with Gasteiger partial charge < -0.3 is 0 Å². The monoisotopic (exact) mass is 434 g/mol. The summed E-state index contributed by atoms with van der Waals surface area (Å²) in [7, 11) is 0. The van der Waals surface area contributed by atoms with Crippen LogP contribution < -0.4 is 0 Å². The molecule has 2 aliphatic rings. The number of rotatable bonds is 4. The molecule has 0 amide bonds. The molecule has 0 spiro atoms. The van der Waals surface area contributed by atoms with E-state index < -0.39 is 0 Å². The van der Waals surface area contributed by atoms with Crippen molar-refractivity contribution < 1.29 is 4.92 Å². The first-order valence-corrected chi connectivity index (χ1v) is 11.4. The molecular formula is C29H26N2O2. The minimum atomic E-state index is -0.323. The number of piperidine rings is 1. The predicted molar refractivity (Wildman–Crippen MR) is 136 cm³/mol. The van der Waals surface area contributed by atoms with Gasteiger partial charge in [-0.25, -0.2) is 0 Å². The Morgan fingerprint density at radius 1 is 0.818 bits per heavy atom. The summed E-state index contributed by atoms with van der Waals surface area (Å²) in [6.07, 6.45) is 10.4. The van der Waals surface area contributed by atoms with Crippen molar-refractivity contribution in [2.45, 2.75) is 12.8 Å². The van der Waals surface area contributed by atoms with E-state index in [-0.39, 0.29) is 10.6 Å². The molecule has 0 atom stereocenters. The Morgan fingerprint density at radius 3 is 2.03 bits per heavy atom. The molecule has 3 aromatic carbocycles. The van der Waals surface area contributed by atoms with Crippen LogP contribution in [0.25, 0.3) is 23.8 Å². The van der Waals surface area contributed by atoms with Gasteiger partial charge in [-0.2, -0.15) is 0 Å². The molecule has 0 radical (unpaired) electrons. The largest absolute Gasteiger partial charge is 0.299 e. The van der Waals surface area contributed by atoms with Crippen LogP contribution in [0.5, 0.6) is 0 Å². The fourth-order valence-electron chi connectivity index (χ4n) is 4.82. The fraction of sp³-hybridized carbons (Fsp3) is 0.172. The topological polar surface area (TPSA) is 46.4 Å². The maximum atomic E-state index is 11.2. The van der Waals surface area contributed by atoms with Gasteiger partial charge in [0.05, 0.1) is 10.5 Å². The average molecular weight is 435 g/mol. The minimum absolute atomic E-state index is 0.152. The molecule has 0 unspecified atom stereocenters. The maximum Gasteiger partial charge on any atom is 0.276 e. The molecule has 4 nitrogen and oxygen atoms in total. The van der Waals surface area contributed by atoms with Crippen molar-refractivity contribution in [1.82, 2.24) is 4.90 Å². The Bertz CT molecular complexity index is 1220. The molecule has 0 saturated carbocycles. The first kappa shape index (κ1) is 21.1. The first-order valence-electron chi connectivity index (χ1n) is 11.4. The highest BCUT2D eigenvalue weighted by atomic mass is 16.6. The zero-order valence-electron chi connectivity index (χ0n) is 18.5. The van der Waals surface area contributed by atoms with Crippen LogP contribution in [0, 0.1) is 10.1 Å². The first-order chi connectivity index (χ1) is 16.2. The Morgan fingerprint density at radius 2 is 1.39 bits per heavy atom. The van der Waals surface area contributed by atoms with Gasteiger partial charge in [0.15, 0.2) is 0 Å². The standard InChI is InChI=1S/C29H26N2O2/c32-31(33)28-14-6-3-10-24(28)11-7-19-30-20-17-25(18-21-30)29-26-12-4-1-8-22(26)15-16-23-9-2-5-13-27(23)29/h1-16H,17-21H2/b11-7+. The second-order valence-corrected chi connectivity index (χ2v) is 8.51. The molecule has 0 aromatic heterocycles. The molecule has 1 aliphatic carbocycles. The summed E-state index contributed by atoms with van der Waals surface area (Å²) in [6, 6.07) is 24.2. The third kappa shape index (κ3) is 4.43. The van der Waals surface area contributed by atoms with Crippen LogP contribution in [0.15, 0.2) is 84.4 Å². The van der Waals surface area contributed by atoms with Crippen LogP contribution in [0.3, 0.4) is 0 Å². The van der Waals surface area contributed by atoms with Crippen molar-refractivity contribution in [3.8, 4) is 0 Å². The number of nitro benzene ring substituents is 1. The van der Waals surface area contributed by atoms with Crippen LogP contribution in [-0.2, 0) is 0 Å². The third-order valence-electron chi connectivity index (χ3n) is 6.51. The van der Waals surface area contributed by atoms with E-state index in [0.29, 0.717) is 5.56 Å². The van der Waals surface area contributed by atoms with Gasteiger partial charge in [0, 0.05) is 25.7 Å². The second kappa shape index (κ2) is 9.39. The molecular weight excluding hydrogens is 408 g/mol. The van der Waals surface area contributed by atoms with Gasteiger partial charge in [-0.1, -0.05) is 90.5 Å². The number of hydrogen-bond acceptors (Lipinski definition) is 3. The lowest BCUT2D eigenvalue weighted by Gasteiger charge is -2.29. The van der Waals surface area contributed by atoms with E-state index in [1.54, 1.807) is 18.2 Å². The number of nitrogens with zero attached hydrogens (tertiary/aromatic N) is 2. The number of likely N-dealkylation sites (tertiary alicyclic amines) is 1. The van der Waals surface area contributed by atoms with Crippen molar-refractivity contribution in [2.75, 3.05) is 19.6 Å². The summed E-state index contributed by atoms with van der Waals surface area (Å²) in [5.74, 6) is 0. The maximum absolute atomic E-state index is 11.2. The zero-order chi connectivity index (χ0) is 22.6. The fourth-order valence-corrected chi connectivity index (χ4v) is 4.82. The zero-order valence-corrected chi connectivity index (χ0v) is 18.5. The number of benzene rings is 3. The number of hydrogen-bond donors (Lipinski definition) is 0. The number of para-hydroxylation sites is 1. The molecule has 1 saturated heterocycles. The predicted octanol–water partition coefficient (Wildman–Crippen LogP) is 6.69. The lowest BCUT2D eigenvalue weighted by molar-refractivity contribution is -0.385. The summed E-state index contributed by atoms with van der Waals surface area (Å²) >= 11 is 0. The molecule has 3 aromatic rings. The van der Waals surface area contributed by atoms with Gasteiger partial charge in [-0.3, -0.25) is 15.0 Å². The lowest BCUT2D eigenvalue weighted by Crippen LogP contribution is -2.31. The molecule has 0 bridgehead atoms. The van der Waals surface area contributed by atoms with Crippen molar-refractivity contribution >= 4 is 29.5 Å². The molecule has 33 heavy (non-hydrogen) atoms. The highest BCUT2D eigenvalue weighted by molar-refractivity contribution is 5.94. The van der Waals surface area contributed by atoms with Gasteiger partial charge >= 0.3 is 0 Å².